The van der Waals surface area contributed by atoms with Crippen LogP contribution in [0.25, 0.3) is 0 Å². The number of hydrogen-bond acceptors (Lipinski definition) is 7. The molecule has 0 unspecified atom stereocenters. The number of anilines is 1. The fourth-order valence-electron chi connectivity index (χ4n) is 3.33. The third-order valence-electron chi connectivity index (χ3n) is 5.05. The first-order valence-electron chi connectivity index (χ1n) is 9.45. The van der Waals surface area contributed by atoms with E-state index in [1.165, 1.54) is 31.4 Å². The lowest BCUT2D eigenvalue weighted by Gasteiger charge is -2.34. The van der Waals surface area contributed by atoms with E-state index in [1.807, 2.05) is 0 Å². The number of sulfonamides is 1. The molecule has 11 heteroatoms. The molecule has 0 bridgehead atoms. The van der Waals surface area contributed by atoms with Crippen LogP contribution in [0.1, 0.15) is 18.1 Å². The molecule has 1 aliphatic rings. The molecule has 2 aromatic rings. The van der Waals surface area contributed by atoms with Crippen molar-refractivity contribution in [3.8, 4) is 5.75 Å². The second-order valence-corrected chi connectivity index (χ2v) is 9.07. The first kappa shape index (κ1) is 22.7. The van der Waals surface area contributed by atoms with E-state index in [2.05, 4.69) is 5.32 Å². The zero-order valence-corrected chi connectivity index (χ0v) is 17.8. The van der Waals surface area contributed by atoms with Gasteiger partial charge >= 0.3 is 0 Å². The summed E-state index contributed by atoms with van der Waals surface area (Å²) in [5.41, 5.74) is 8.95. The van der Waals surface area contributed by atoms with Gasteiger partial charge in [0.25, 0.3) is 5.91 Å². The Hall–Kier alpha value is -2.99. The van der Waals surface area contributed by atoms with E-state index in [0.717, 1.165) is 9.87 Å². The van der Waals surface area contributed by atoms with E-state index in [9.17, 15) is 18.0 Å². The molecule has 5 N–H and O–H groups in total. The summed E-state index contributed by atoms with van der Waals surface area (Å²) in [6, 6.07) is 8.95. The number of carbonyl (C=O) groups is 2. The summed E-state index contributed by atoms with van der Waals surface area (Å²) in [6.07, 6.45) is 0.0542. The summed E-state index contributed by atoms with van der Waals surface area (Å²) in [7, 11) is -2.62. The Kier molecular flexibility index (Phi) is 6.60. The fraction of sp³-hybridized carbons (Fsp3) is 0.300. The highest BCUT2D eigenvalue weighted by atomic mass is 32.2. The number of rotatable bonds is 6. The van der Waals surface area contributed by atoms with E-state index in [0.29, 0.717) is 17.0 Å². The molecule has 31 heavy (non-hydrogen) atoms. The predicted octanol–water partition coefficient (Wildman–Crippen LogP) is 0.602. The highest BCUT2D eigenvalue weighted by molar-refractivity contribution is 7.89. The SMILES string of the molecule is COc1ccc(S(=O)(=O)N2Cc3cc(NC(=O)[C@H](C)N)ccc3C[C@@H]2C(=O)NO)cc1. The minimum atomic E-state index is -4.08. The molecule has 0 fully saturated rings. The Labute approximate surface area is 180 Å². The average molecular weight is 449 g/mol. The van der Waals surface area contributed by atoms with E-state index < -0.39 is 28.0 Å². The van der Waals surface area contributed by atoms with Crippen molar-refractivity contribution in [1.29, 1.82) is 0 Å². The smallest absolute Gasteiger partial charge is 0.262 e. The van der Waals surface area contributed by atoms with Gasteiger partial charge in [-0.05, 0) is 60.9 Å². The van der Waals surface area contributed by atoms with E-state index in [-0.39, 0.29) is 23.8 Å². The van der Waals surface area contributed by atoms with Gasteiger partial charge in [-0.1, -0.05) is 6.07 Å². The van der Waals surface area contributed by atoms with E-state index in [1.54, 1.807) is 30.6 Å². The molecule has 0 spiro atoms. The highest BCUT2D eigenvalue weighted by Gasteiger charge is 2.39. The van der Waals surface area contributed by atoms with Gasteiger partial charge in [0.2, 0.25) is 15.9 Å². The number of amides is 2. The molecule has 1 heterocycles. The van der Waals surface area contributed by atoms with Crippen LogP contribution in [-0.4, -0.2) is 48.9 Å². The molecule has 0 saturated carbocycles. The Morgan fingerprint density at radius 3 is 2.45 bits per heavy atom. The normalized spacial score (nSPS) is 17.4. The lowest BCUT2D eigenvalue weighted by molar-refractivity contribution is -0.133. The first-order chi connectivity index (χ1) is 14.7. The largest absolute Gasteiger partial charge is 0.497 e. The number of ether oxygens (including phenoxy) is 1. The van der Waals surface area contributed by atoms with Crippen LogP contribution in [0.5, 0.6) is 5.75 Å². The van der Waals surface area contributed by atoms with E-state index >= 15 is 0 Å². The number of hydroxylamine groups is 1. The number of carbonyl (C=O) groups excluding carboxylic acids is 2. The molecular weight excluding hydrogens is 424 g/mol. The molecule has 2 atom stereocenters. The summed E-state index contributed by atoms with van der Waals surface area (Å²) in [6.45, 7) is 1.43. The van der Waals surface area contributed by atoms with Gasteiger partial charge in [0.05, 0.1) is 18.0 Å². The van der Waals surface area contributed by atoms with Crippen LogP contribution in [0.2, 0.25) is 0 Å². The van der Waals surface area contributed by atoms with E-state index in [4.69, 9.17) is 15.7 Å². The van der Waals surface area contributed by atoms with Crippen molar-refractivity contribution in [2.45, 2.75) is 36.9 Å². The van der Waals surface area contributed by atoms with Crippen LogP contribution in [0.3, 0.4) is 0 Å². The van der Waals surface area contributed by atoms with Crippen molar-refractivity contribution in [3.05, 3.63) is 53.6 Å². The third-order valence-corrected chi connectivity index (χ3v) is 6.92. The Morgan fingerprint density at radius 2 is 1.87 bits per heavy atom. The van der Waals surface area contributed by atoms with Gasteiger partial charge < -0.3 is 15.8 Å². The Bertz CT molecular complexity index is 1090. The molecular formula is C20H24N4O6S. The fourth-order valence-corrected chi connectivity index (χ4v) is 4.89. The first-order valence-corrected chi connectivity index (χ1v) is 10.9. The van der Waals surface area contributed by atoms with Crippen molar-refractivity contribution < 1.29 is 28.0 Å². The zero-order valence-electron chi connectivity index (χ0n) is 17.0. The lowest BCUT2D eigenvalue weighted by Crippen LogP contribution is -2.51. The lowest BCUT2D eigenvalue weighted by atomic mass is 9.95. The molecule has 0 aromatic heterocycles. The maximum absolute atomic E-state index is 13.3. The molecule has 0 aliphatic carbocycles. The van der Waals surface area contributed by atoms with Crippen molar-refractivity contribution >= 4 is 27.5 Å². The third kappa shape index (κ3) is 4.69. The summed E-state index contributed by atoms with van der Waals surface area (Å²) in [5.74, 6) is -0.727. The summed E-state index contributed by atoms with van der Waals surface area (Å²) in [5, 5.41) is 11.8. The van der Waals surface area contributed by atoms with Crippen LogP contribution in [0.15, 0.2) is 47.4 Å². The standard InChI is InChI=1S/C20H24N4O6S/c1-12(21)19(25)22-15-4-3-13-10-18(20(26)23-27)24(11-14(13)9-15)31(28,29)17-7-5-16(30-2)6-8-17/h3-9,12,18,27H,10-11,21H2,1-2H3,(H,22,25)(H,23,26)/t12-,18+/m0/s1. The number of hydrogen-bond donors (Lipinski definition) is 4. The predicted molar refractivity (Wildman–Crippen MR) is 112 cm³/mol. The minimum absolute atomic E-state index is 0.0195. The number of methoxy groups -OCH3 is 1. The highest BCUT2D eigenvalue weighted by Crippen LogP contribution is 2.31. The van der Waals surface area contributed by atoms with Crippen LogP contribution in [0, 0.1) is 0 Å². The quantitative estimate of drug-likeness (QED) is 0.373. The molecule has 10 nitrogen and oxygen atoms in total. The number of benzene rings is 2. The minimum Gasteiger partial charge on any atom is -0.497 e. The number of nitrogens with one attached hydrogen (secondary N) is 2. The van der Waals surface area contributed by atoms with Gasteiger partial charge in [-0.2, -0.15) is 4.31 Å². The maximum Gasteiger partial charge on any atom is 0.262 e. The van der Waals surface area contributed by atoms with Crippen molar-refractivity contribution in [3.63, 3.8) is 0 Å². The molecule has 3 rings (SSSR count). The molecule has 2 aromatic carbocycles. The average Bonchev–Trinajstić information content (AvgIpc) is 2.77. The molecule has 1 aliphatic heterocycles. The summed E-state index contributed by atoms with van der Waals surface area (Å²) < 4.78 is 32.7. The zero-order chi connectivity index (χ0) is 22.8. The number of fused-ring (bicyclic) bond motifs is 1. The van der Waals surface area contributed by atoms with Gasteiger partial charge in [0.15, 0.2) is 0 Å². The molecule has 2 amide bonds. The van der Waals surface area contributed by atoms with Crippen LogP contribution < -0.4 is 21.3 Å². The summed E-state index contributed by atoms with van der Waals surface area (Å²) in [4.78, 5) is 24.2. The Morgan fingerprint density at radius 1 is 1.19 bits per heavy atom. The second-order valence-electron chi connectivity index (χ2n) is 7.18. The number of nitrogens with zero attached hydrogens (tertiary/aromatic N) is 1. The van der Waals surface area contributed by atoms with Gasteiger partial charge in [-0.25, -0.2) is 13.9 Å². The van der Waals surface area contributed by atoms with Crippen molar-refractivity contribution in [2.24, 2.45) is 5.73 Å². The number of nitrogens with two attached hydrogens (primary N) is 1. The van der Waals surface area contributed by atoms with Crippen LogP contribution >= 0.6 is 0 Å². The van der Waals surface area contributed by atoms with Crippen LogP contribution in [-0.2, 0) is 32.6 Å². The maximum atomic E-state index is 13.3. The Balaban J connectivity index is 1.99. The summed E-state index contributed by atoms with van der Waals surface area (Å²) >= 11 is 0. The van der Waals surface area contributed by atoms with Crippen LogP contribution in [0.4, 0.5) is 5.69 Å². The van der Waals surface area contributed by atoms with Gasteiger partial charge in [-0.15, -0.1) is 0 Å². The monoisotopic (exact) mass is 448 g/mol. The van der Waals surface area contributed by atoms with Gasteiger partial charge in [-0.3, -0.25) is 14.8 Å². The van der Waals surface area contributed by atoms with Gasteiger partial charge in [0.1, 0.15) is 11.8 Å². The van der Waals surface area contributed by atoms with Crippen molar-refractivity contribution in [2.75, 3.05) is 12.4 Å². The molecule has 0 saturated heterocycles. The van der Waals surface area contributed by atoms with Crippen molar-refractivity contribution in [1.82, 2.24) is 9.79 Å². The topological polar surface area (TPSA) is 151 Å². The molecule has 0 radical (unpaired) electrons. The van der Waals surface area contributed by atoms with Gasteiger partial charge in [0, 0.05) is 12.2 Å². The molecule has 166 valence electrons. The second kappa shape index (κ2) is 9.02.